The maximum Gasteiger partial charge on any atom is 0.265 e. The van der Waals surface area contributed by atoms with Gasteiger partial charge in [0.1, 0.15) is 9.88 Å². The Morgan fingerprint density at radius 1 is 1.33 bits per heavy atom. The van der Waals surface area contributed by atoms with Crippen LogP contribution in [0.2, 0.25) is 0 Å². The summed E-state index contributed by atoms with van der Waals surface area (Å²) in [6.45, 7) is 7.31. The second-order valence-corrected chi connectivity index (χ2v) is 7.97. The van der Waals surface area contributed by atoms with E-state index in [1.54, 1.807) is 4.90 Å². The van der Waals surface area contributed by atoms with Gasteiger partial charge in [-0.15, -0.1) is 11.3 Å². The lowest BCUT2D eigenvalue weighted by atomic mass is 9.85. The van der Waals surface area contributed by atoms with Gasteiger partial charge < -0.3 is 10.0 Å². The number of hydrogen-bond donors (Lipinski definition) is 1. The van der Waals surface area contributed by atoms with E-state index in [-0.39, 0.29) is 11.3 Å². The first-order valence-corrected chi connectivity index (χ1v) is 9.22. The molecule has 0 aliphatic carbocycles. The Bertz CT molecular complexity index is 724. The van der Waals surface area contributed by atoms with E-state index >= 15 is 0 Å². The van der Waals surface area contributed by atoms with Gasteiger partial charge in [-0.25, -0.2) is 4.98 Å². The number of carbonyl (C=O) groups excluding carboxylic acids is 1. The largest absolute Gasteiger partial charge is 0.391 e. The molecule has 128 valence electrons. The lowest BCUT2D eigenvalue weighted by Crippen LogP contribution is -2.42. The third-order valence-electron chi connectivity index (χ3n) is 4.70. The molecule has 1 N–H and O–H groups in total. The first-order valence-electron chi connectivity index (χ1n) is 8.40. The third-order valence-corrected chi connectivity index (χ3v) is 6.17. The summed E-state index contributed by atoms with van der Waals surface area (Å²) in [6, 6.07) is 10.2. The molecule has 0 bridgehead atoms. The molecule has 1 aliphatic heterocycles. The molecular formula is C19H24N2O2S. The second kappa shape index (κ2) is 6.65. The Morgan fingerprint density at radius 2 is 2.04 bits per heavy atom. The zero-order valence-electron chi connectivity index (χ0n) is 14.5. The molecule has 1 aromatic carbocycles. The van der Waals surface area contributed by atoms with E-state index in [0.717, 1.165) is 23.5 Å². The van der Waals surface area contributed by atoms with Crippen molar-refractivity contribution in [2.75, 3.05) is 13.1 Å². The fourth-order valence-corrected chi connectivity index (χ4v) is 4.28. The average molecular weight is 344 g/mol. The summed E-state index contributed by atoms with van der Waals surface area (Å²) in [5, 5.41) is 10.8. The van der Waals surface area contributed by atoms with Crippen LogP contribution in [-0.2, 0) is 5.41 Å². The number of rotatable bonds is 3. The number of piperidine rings is 1. The van der Waals surface area contributed by atoms with Crippen LogP contribution in [-0.4, -0.2) is 40.1 Å². The van der Waals surface area contributed by atoms with Gasteiger partial charge in [-0.05, 0) is 39.2 Å². The van der Waals surface area contributed by atoms with Crippen molar-refractivity contribution in [1.82, 2.24) is 9.88 Å². The van der Waals surface area contributed by atoms with Crippen molar-refractivity contribution in [3.63, 3.8) is 0 Å². The Kier molecular flexibility index (Phi) is 4.74. The van der Waals surface area contributed by atoms with Crippen LogP contribution in [0.15, 0.2) is 30.3 Å². The fraction of sp³-hybridized carbons (Fsp3) is 0.474. The van der Waals surface area contributed by atoms with Gasteiger partial charge in [-0.2, -0.15) is 0 Å². The smallest absolute Gasteiger partial charge is 0.265 e. The molecule has 0 saturated carbocycles. The highest BCUT2D eigenvalue weighted by Crippen LogP contribution is 2.35. The molecule has 1 unspecified atom stereocenters. The number of aliphatic hydroxyl groups excluding tert-OH is 1. The number of aromatic nitrogens is 1. The molecule has 24 heavy (non-hydrogen) atoms. The summed E-state index contributed by atoms with van der Waals surface area (Å²) in [4.78, 5) is 20.0. The van der Waals surface area contributed by atoms with Gasteiger partial charge in [0, 0.05) is 18.5 Å². The molecule has 0 radical (unpaired) electrons. The Morgan fingerprint density at radius 3 is 2.71 bits per heavy atom. The van der Waals surface area contributed by atoms with E-state index in [0.29, 0.717) is 18.0 Å². The Hall–Kier alpha value is -1.72. The van der Waals surface area contributed by atoms with Gasteiger partial charge >= 0.3 is 0 Å². The van der Waals surface area contributed by atoms with E-state index in [9.17, 15) is 9.90 Å². The number of hydrogen-bond acceptors (Lipinski definition) is 4. The first-order chi connectivity index (χ1) is 11.4. The molecule has 1 fully saturated rings. The lowest BCUT2D eigenvalue weighted by molar-refractivity contribution is 0.0477. The van der Waals surface area contributed by atoms with Gasteiger partial charge in [0.05, 0.1) is 11.8 Å². The number of amides is 1. The number of benzene rings is 1. The van der Waals surface area contributed by atoms with Gasteiger partial charge in [-0.1, -0.05) is 30.3 Å². The van der Waals surface area contributed by atoms with E-state index in [1.165, 1.54) is 16.9 Å². The molecule has 5 heteroatoms. The highest BCUT2D eigenvalue weighted by atomic mass is 32.1. The minimum atomic E-state index is -0.406. The van der Waals surface area contributed by atoms with Crippen LogP contribution in [0.1, 0.15) is 52.6 Å². The molecule has 4 nitrogen and oxygen atoms in total. The molecular weight excluding hydrogens is 320 g/mol. The minimum absolute atomic E-state index is 0.00105. The number of carbonyl (C=O) groups is 1. The molecule has 1 saturated heterocycles. The maximum atomic E-state index is 12.8. The summed E-state index contributed by atoms with van der Waals surface area (Å²) in [5.41, 5.74) is 1.73. The summed E-state index contributed by atoms with van der Waals surface area (Å²) in [7, 11) is 0. The SMILES string of the molecule is Cc1nc(C(C)(C)c2ccccc2)sc1C(=O)N1CCCC(O)C1. The maximum absolute atomic E-state index is 12.8. The van der Waals surface area contributed by atoms with Crippen LogP contribution in [0.25, 0.3) is 0 Å². The highest BCUT2D eigenvalue weighted by Gasteiger charge is 2.31. The van der Waals surface area contributed by atoms with Crippen molar-refractivity contribution in [3.05, 3.63) is 51.5 Å². The zero-order chi connectivity index (χ0) is 17.3. The zero-order valence-corrected chi connectivity index (χ0v) is 15.3. The minimum Gasteiger partial charge on any atom is -0.391 e. The number of nitrogens with zero attached hydrogens (tertiary/aromatic N) is 2. The van der Waals surface area contributed by atoms with E-state index in [1.807, 2.05) is 25.1 Å². The van der Waals surface area contributed by atoms with Crippen LogP contribution in [0.4, 0.5) is 0 Å². The number of likely N-dealkylation sites (tertiary alicyclic amines) is 1. The Labute approximate surface area is 147 Å². The van der Waals surface area contributed by atoms with Gasteiger partial charge in [0.2, 0.25) is 0 Å². The summed E-state index contributed by atoms with van der Waals surface area (Å²) in [5.74, 6) is -0.00105. The second-order valence-electron chi connectivity index (χ2n) is 6.97. The van der Waals surface area contributed by atoms with Crippen molar-refractivity contribution < 1.29 is 9.90 Å². The number of thiazole rings is 1. The van der Waals surface area contributed by atoms with Crippen LogP contribution in [0, 0.1) is 6.92 Å². The van der Waals surface area contributed by atoms with Crippen molar-refractivity contribution >= 4 is 17.2 Å². The van der Waals surface area contributed by atoms with E-state index in [4.69, 9.17) is 4.98 Å². The highest BCUT2D eigenvalue weighted by molar-refractivity contribution is 7.14. The average Bonchev–Trinajstić information content (AvgIpc) is 2.97. The number of aryl methyl sites for hydroxylation is 1. The quantitative estimate of drug-likeness (QED) is 0.929. The predicted octanol–water partition coefficient (Wildman–Crippen LogP) is 3.37. The van der Waals surface area contributed by atoms with Crippen LogP contribution >= 0.6 is 11.3 Å². The molecule has 1 aromatic heterocycles. The van der Waals surface area contributed by atoms with Crippen molar-refractivity contribution in [2.24, 2.45) is 0 Å². The topological polar surface area (TPSA) is 53.4 Å². The Balaban J connectivity index is 1.89. The third kappa shape index (κ3) is 3.23. The molecule has 2 aromatic rings. The monoisotopic (exact) mass is 344 g/mol. The normalized spacial score (nSPS) is 18.7. The van der Waals surface area contributed by atoms with Crippen LogP contribution in [0.3, 0.4) is 0 Å². The van der Waals surface area contributed by atoms with Crippen molar-refractivity contribution in [2.45, 2.75) is 45.1 Å². The van der Waals surface area contributed by atoms with E-state index in [2.05, 4.69) is 26.0 Å². The first kappa shape index (κ1) is 17.1. The van der Waals surface area contributed by atoms with Crippen molar-refractivity contribution in [3.8, 4) is 0 Å². The molecule has 0 spiro atoms. The van der Waals surface area contributed by atoms with Gasteiger partial charge in [0.15, 0.2) is 0 Å². The van der Waals surface area contributed by atoms with E-state index < -0.39 is 6.10 Å². The fourth-order valence-electron chi connectivity index (χ4n) is 3.12. The molecule has 1 amide bonds. The number of β-amino-alcohol motifs (C(OH)–C–C–N with tert-alkyl or cyclic N) is 1. The van der Waals surface area contributed by atoms with Gasteiger partial charge in [0.25, 0.3) is 5.91 Å². The van der Waals surface area contributed by atoms with Crippen LogP contribution < -0.4 is 0 Å². The molecule has 2 heterocycles. The predicted molar refractivity (Wildman–Crippen MR) is 96.6 cm³/mol. The standard InChI is InChI=1S/C19H24N2O2S/c1-13-16(17(23)21-11-7-10-15(22)12-21)24-18(20-13)19(2,3)14-8-5-4-6-9-14/h4-6,8-9,15,22H,7,10-12H2,1-3H3. The summed E-state index contributed by atoms with van der Waals surface area (Å²) < 4.78 is 0. The van der Waals surface area contributed by atoms with Crippen molar-refractivity contribution in [1.29, 1.82) is 0 Å². The molecule has 3 rings (SSSR count). The van der Waals surface area contributed by atoms with Gasteiger partial charge in [-0.3, -0.25) is 4.79 Å². The lowest BCUT2D eigenvalue weighted by Gasteiger charge is -2.29. The van der Waals surface area contributed by atoms with Crippen LogP contribution in [0.5, 0.6) is 0 Å². The number of aliphatic hydroxyl groups is 1. The summed E-state index contributed by atoms with van der Waals surface area (Å²) >= 11 is 1.48. The summed E-state index contributed by atoms with van der Waals surface area (Å²) in [6.07, 6.45) is 1.22. The molecule has 1 atom stereocenters. The molecule has 1 aliphatic rings.